The fraction of sp³-hybridized carbons (Fsp3) is 0.538. The lowest BCUT2D eigenvalue weighted by molar-refractivity contribution is 0.221. The number of hydrazine groups is 1. The highest BCUT2D eigenvalue weighted by atomic mass is 32.1. The third kappa shape index (κ3) is 2.56. The maximum Gasteiger partial charge on any atom is 0.152 e. The minimum atomic E-state index is 0.594. The van der Waals surface area contributed by atoms with E-state index >= 15 is 0 Å². The van der Waals surface area contributed by atoms with Gasteiger partial charge < -0.3 is 5.43 Å². The fourth-order valence-electron chi connectivity index (χ4n) is 2.39. The van der Waals surface area contributed by atoms with Gasteiger partial charge in [0.15, 0.2) is 5.82 Å². The molecule has 3 N–H and O–H groups in total. The second-order valence-corrected chi connectivity index (χ2v) is 6.16. The average molecular weight is 277 g/mol. The van der Waals surface area contributed by atoms with E-state index in [0.717, 1.165) is 28.5 Å². The van der Waals surface area contributed by atoms with Crippen LogP contribution < -0.4 is 11.3 Å². The van der Waals surface area contributed by atoms with Gasteiger partial charge in [-0.25, -0.2) is 15.8 Å². The van der Waals surface area contributed by atoms with Gasteiger partial charge >= 0.3 is 0 Å². The van der Waals surface area contributed by atoms with Crippen molar-refractivity contribution in [3.05, 3.63) is 17.3 Å². The molecule has 5 nitrogen and oxygen atoms in total. The lowest BCUT2D eigenvalue weighted by Crippen LogP contribution is -2.31. The Bertz CT molecular complexity index is 577. The number of hydrogen-bond donors (Lipinski definition) is 2. The van der Waals surface area contributed by atoms with Gasteiger partial charge in [0, 0.05) is 6.04 Å². The molecule has 2 aromatic rings. The highest BCUT2D eigenvalue weighted by molar-refractivity contribution is 7.16. The van der Waals surface area contributed by atoms with Gasteiger partial charge in [-0.1, -0.05) is 0 Å². The Morgan fingerprint density at radius 3 is 3.00 bits per heavy atom. The minimum Gasteiger partial charge on any atom is -0.308 e. The van der Waals surface area contributed by atoms with Crippen molar-refractivity contribution in [1.29, 1.82) is 0 Å². The molecule has 1 aliphatic rings. The standard InChI is InChI=1S/C13H19N5S/c1-8(9-3-4-9)18(2)7-11-15-12(17-14)10-5-6-19-13(10)16-11/h5-6,8-9H,3-4,7,14H2,1-2H3,(H,15,16,17). The summed E-state index contributed by atoms with van der Waals surface area (Å²) in [5, 5.41) is 3.01. The number of anilines is 1. The average Bonchev–Trinajstić information content (AvgIpc) is 3.15. The predicted molar refractivity (Wildman–Crippen MR) is 78.9 cm³/mol. The summed E-state index contributed by atoms with van der Waals surface area (Å²) < 4.78 is 0. The molecule has 0 spiro atoms. The maximum atomic E-state index is 5.54. The molecule has 2 aromatic heterocycles. The van der Waals surface area contributed by atoms with Gasteiger partial charge in [0.1, 0.15) is 10.7 Å². The predicted octanol–water partition coefficient (Wildman–Crippen LogP) is 2.21. The fourth-order valence-corrected chi connectivity index (χ4v) is 3.17. The van der Waals surface area contributed by atoms with E-state index in [1.807, 2.05) is 11.4 Å². The molecular weight excluding hydrogens is 258 g/mol. The number of fused-ring (bicyclic) bond motifs is 1. The van der Waals surface area contributed by atoms with Crippen molar-refractivity contribution in [1.82, 2.24) is 14.9 Å². The molecule has 0 aromatic carbocycles. The lowest BCUT2D eigenvalue weighted by atomic mass is 10.2. The first-order valence-corrected chi connectivity index (χ1v) is 7.48. The molecule has 0 bridgehead atoms. The van der Waals surface area contributed by atoms with Crippen LogP contribution >= 0.6 is 11.3 Å². The molecule has 102 valence electrons. The van der Waals surface area contributed by atoms with Crippen LogP contribution in [-0.2, 0) is 6.54 Å². The summed E-state index contributed by atoms with van der Waals surface area (Å²) in [6.07, 6.45) is 2.71. The zero-order valence-corrected chi connectivity index (χ0v) is 12.1. The van der Waals surface area contributed by atoms with Crippen molar-refractivity contribution >= 4 is 27.4 Å². The summed E-state index contributed by atoms with van der Waals surface area (Å²) in [6, 6.07) is 2.59. The Morgan fingerprint density at radius 2 is 2.32 bits per heavy atom. The molecule has 0 radical (unpaired) electrons. The van der Waals surface area contributed by atoms with E-state index in [1.165, 1.54) is 12.8 Å². The van der Waals surface area contributed by atoms with Crippen molar-refractivity contribution in [3.8, 4) is 0 Å². The number of thiophene rings is 1. The zero-order valence-electron chi connectivity index (χ0n) is 11.3. The molecule has 1 atom stereocenters. The van der Waals surface area contributed by atoms with Gasteiger partial charge in [0.25, 0.3) is 0 Å². The van der Waals surface area contributed by atoms with Gasteiger partial charge in [-0.05, 0) is 44.2 Å². The third-order valence-corrected chi connectivity index (χ3v) is 4.71. The number of hydrogen-bond acceptors (Lipinski definition) is 6. The molecular formula is C13H19N5S. The SMILES string of the molecule is CC(C1CC1)N(C)Cc1nc(NN)c2ccsc2n1. The van der Waals surface area contributed by atoms with Crippen LogP contribution in [0.1, 0.15) is 25.6 Å². The van der Waals surface area contributed by atoms with Crippen molar-refractivity contribution in [2.24, 2.45) is 11.8 Å². The van der Waals surface area contributed by atoms with Crippen LogP contribution in [0.3, 0.4) is 0 Å². The molecule has 0 saturated heterocycles. The Balaban J connectivity index is 1.83. The van der Waals surface area contributed by atoms with E-state index in [0.29, 0.717) is 11.9 Å². The second kappa shape index (κ2) is 5.03. The van der Waals surface area contributed by atoms with E-state index in [4.69, 9.17) is 5.84 Å². The molecule has 1 unspecified atom stereocenters. The second-order valence-electron chi connectivity index (χ2n) is 5.27. The largest absolute Gasteiger partial charge is 0.308 e. The lowest BCUT2D eigenvalue weighted by Gasteiger charge is -2.23. The van der Waals surface area contributed by atoms with Crippen molar-refractivity contribution in [3.63, 3.8) is 0 Å². The Morgan fingerprint density at radius 1 is 1.53 bits per heavy atom. The summed E-state index contributed by atoms with van der Waals surface area (Å²) in [7, 11) is 2.14. The smallest absolute Gasteiger partial charge is 0.152 e. The van der Waals surface area contributed by atoms with E-state index in [-0.39, 0.29) is 0 Å². The number of nitrogens with two attached hydrogens (primary N) is 1. The molecule has 3 rings (SSSR count). The summed E-state index contributed by atoms with van der Waals surface area (Å²) in [4.78, 5) is 12.4. The van der Waals surface area contributed by atoms with Crippen molar-refractivity contribution < 1.29 is 0 Å². The quantitative estimate of drug-likeness (QED) is 0.648. The molecule has 2 heterocycles. The number of nitrogen functional groups attached to an aromatic ring is 1. The van der Waals surface area contributed by atoms with Gasteiger partial charge in [-0.3, -0.25) is 4.90 Å². The Kier molecular flexibility index (Phi) is 3.38. The number of nitrogens with one attached hydrogen (secondary N) is 1. The summed E-state index contributed by atoms with van der Waals surface area (Å²) >= 11 is 1.62. The van der Waals surface area contributed by atoms with Gasteiger partial charge in [-0.15, -0.1) is 11.3 Å². The van der Waals surface area contributed by atoms with Crippen LogP contribution in [0.5, 0.6) is 0 Å². The third-order valence-electron chi connectivity index (χ3n) is 3.90. The topological polar surface area (TPSA) is 67.1 Å². The highest BCUT2D eigenvalue weighted by Crippen LogP contribution is 2.35. The van der Waals surface area contributed by atoms with Crippen LogP contribution in [0.4, 0.5) is 5.82 Å². The summed E-state index contributed by atoms with van der Waals surface area (Å²) in [5.74, 6) is 7.94. The van der Waals surface area contributed by atoms with Gasteiger partial charge in [0.05, 0.1) is 11.9 Å². The minimum absolute atomic E-state index is 0.594. The first kappa shape index (κ1) is 12.8. The van der Waals surface area contributed by atoms with Crippen molar-refractivity contribution in [2.75, 3.05) is 12.5 Å². The molecule has 6 heteroatoms. The van der Waals surface area contributed by atoms with Crippen LogP contribution in [0.25, 0.3) is 10.2 Å². The Labute approximate surface area is 116 Å². The first-order valence-electron chi connectivity index (χ1n) is 6.60. The first-order chi connectivity index (χ1) is 9.19. The van der Waals surface area contributed by atoms with E-state index < -0.39 is 0 Å². The van der Waals surface area contributed by atoms with Crippen LogP contribution in [0, 0.1) is 5.92 Å². The maximum absolute atomic E-state index is 5.54. The van der Waals surface area contributed by atoms with Crippen LogP contribution in [0.2, 0.25) is 0 Å². The monoisotopic (exact) mass is 277 g/mol. The molecule has 1 aliphatic carbocycles. The van der Waals surface area contributed by atoms with Crippen molar-refractivity contribution in [2.45, 2.75) is 32.4 Å². The van der Waals surface area contributed by atoms with Gasteiger partial charge in [0.2, 0.25) is 0 Å². The van der Waals surface area contributed by atoms with E-state index in [2.05, 4.69) is 34.3 Å². The molecule has 0 aliphatic heterocycles. The number of nitrogens with zero attached hydrogens (tertiary/aromatic N) is 3. The van der Waals surface area contributed by atoms with E-state index in [1.54, 1.807) is 11.3 Å². The highest BCUT2D eigenvalue weighted by Gasteiger charge is 2.30. The van der Waals surface area contributed by atoms with Gasteiger partial charge in [-0.2, -0.15) is 0 Å². The summed E-state index contributed by atoms with van der Waals surface area (Å²) in [6.45, 7) is 3.05. The van der Waals surface area contributed by atoms with Crippen LogP contribution in [-0.4, -0.2) is 28.0 Å². The summed E-state index contributed by atoms with van der Waals surface area (Å²) in [5.41, 5.74) is 2.67. The van der Waals surface area contributed by atoms with Crippen LogP contribution in [0.15, 0.2) is 11.4 Å². The molecule has 19 heavy (non-hydrogen) atoms. The normalized spacial score (nSPS) is 17.1. The number of rotatable bonds is 5. The molecule has 0 amide bonds. The van der Waals surface area contributed by atoms with E-state index in [9.17, 15) is 0 Å². The number of aromatic nitrogens is 2. The molecule has 1 fully saturated rings. The zero-order chi connectivity index (χ0) is 13.4. The molecule has 1 saturated carbocycles. The Hall–Kier alpha value is -1.24.